The van der Waals surface area contributed by atoms with Gasteiger partial charge in [-0.2, -0.15) is 4.98 Å². The standard InChI is InChI=1S/C15H22N4O3.ClH/c1-10(2)15(3,9-16)18-12(20)4-5-13-17-14(19-22-13)11-6-7-21-8-11;/h6-8,10H,4-5,9,16H2,1-3H3,(H,18,20);1H. The van der Waals surface area contributed by atoms with Gasteiger partial charge in [0.05, 0.1) is 17.4 Å². The van der Waals surface area contributed by atoms with Crippen LogP contribution in [0.25, 0.3) is 11.4 Å². The summed E-state index contributed by atoms with van der Waals surface area (Å²) in [5, 5.41) is 6.84. The second-order valence-corrected chi connectivity index (χ2v) is 5.85. The highest BCUT2D eigenvalue weighted by molar-refractivity contribution is 5.85. The summed E-state index contributed by atoms with van der Waals surface area (Å²) >= 11 is 0. The Morgan fingerprint density at radius 1 is 1.48 bits per heavy atom. The van der Waals surface area contributed by atoms with Crippen LogP contribution in [0.4, 0.5) is 0 Å². The number of halogens is 1. The molecular weight excluding hydrogens is 320 g/mol. The molecule has 0 saturated heterocycles. The van der Waals surface area contributed by atoms with Crippen LogP contribution < -0.4 is 11.1 Å². The fourth-order valence-electron chi connectivity index (χ4n) is 1.90. The molecule has 23 heavy (non-hydrogen) atoms. The van der Waals surface area contributed by atoms with Gasteiger partial charge in [-0.05, 0) is 18.9 Å². The van der Waals surface area contributed by atoms with Gasteiger partial charge in [0.25, 0.3) is 0 Å². The maximum absolute atomic E-state index is 12.1. The second kappa shape index (κ2) is 8.12. The van der Waals surface area contributed by atoms with Crippen molar-refractivity contribution in [1.82, 2.24) is 15.5 Å². The average molecular weight is 343 g/mol. The highest BCUT2D eigenvalue weighted by Crippen LogP contribution is 2.17. The molecule has 0 bridgehead atoms. The van der Waals surface area contributed by atoms with E-state index in [-0.39, 0.29) is 30.7 Å². The first-order valence-corrected chi connectivity index (χ1v) is 7.31. The maximum atomic E-state index is 12.1. The first-order chi connectivity index (χ1) is 10.4. The van der Waals surface area contributed by atoms with E-state index in [9.17, 15) is 4.79 Å². The Kier molecular flexibility index (Phi) is 6.78. The topological polar surface area (TPSA) is 107 Å². The molecule has 0 fully saturated rings. The fourth-order valence-corrected chi connectivity index (χ4v) is 1.90. The molecule has 2 aromatic rings. The van der Waals surface area contributed by atoms with E-state index in [0.29, 0.717) is 24.7 Å². The number of aromatic nitrogens is 2. The minimum atomic E-state index is -0.409. The Labute approximate surface area is 141 Å². The zero-order chi connectivity index (χ0) is 16.2. The lowest BCUT2D eigenvalue weighted by Gasteiger charge is -2.33. The van der Waals surface area contributed by atoms with Crippen molar-refractivity contribution in [2.75, 3.05) is 6.54 Å². The fraction of sp³-hybridized carbons (Fsp3) is 0.533. The molecule has 0 aromatic carbocycles. The predicted octanol–water partition coefficient (Wildman–Crippen LogP) is 2.17. The number of nitrogens with two attached hydrogens (primary N) is 1. The van der Waals surface area contributed by atoms with Crippen LogP contribution in [0.2, 0.25) is 0 Å². The lowest BCUT2D eigenvalue weighted by molar-refractivity contribution is -0.123. The monoisotopic (exact) mass is 342 g/mol. The minimum absolute atomic E-state index is 0. The number of rotatable bonds is 7. The lowest BCUT2D eigenvalue weighted by atomic mass is 9.88. The lowest BCUT2D eigenvalue weighted by Crippen LogP contribution is -2.55. The summed E-state index contributed by atoms with van der Waals surface area (Å²) in [4.78, 5) is 16.3. The largest absolute Gasteiger partial charge is 0.472 e. The summed E-state index contributed by atoms with van der Waals surface area (Å²) in [6.07, 6.45) is 3.74. The van der Waals surface area contributed by atoms with Crippen LogP contribution in [0.15, 0.2) is 27.5 Å². The zero-order valence-corrected chi connectivity index (χ0v) is 14.4. The van der Waals surface area contributed by atoms with E-state index in [1.807, 2.05) is 20.8 Å². The van der Waals surface area contributed by atoms with Gasteiger partial charge < -0.3 is 20.0 Å². The van der Waals surface area contributed by atoms with E-state index in [0.717, 1.165) is 5.56 Å². The van der Waals surface area contributed by atoms with E-state index in [2.05, 4.69) is 15.5 Å². The number of hydrogen-bond donors (Lipinski definition) is 2. The van der Waals surface area contributed by atoms with Gasteiger partial charge in [0.2, 0.25) is 17.6 Å². The van der Waals surface area contributed by atoms with Crippen molar-refractivity contribution in [3.8, 4) is 11.4 Å². The molecule has 0 aliphatic heterocycles. The molecule has 1 unspecified atom stereocenters. The van der Waals surface area contributed by atoms with Crippen molar-refractivity contribution < 1.29 is 13.7 Å². The summed E-state index contributed by atoms with van der Waals surface area (Å²) in [6.45, 7) is 6.39. The summed E-state index contributed by atoms with van der Waals surface area (Å²) in [7, 11) is 0. The minimum Gasteiger partial charge on any atom is -0.472 e. The number of carbonyl (C=O) groups is 1. The Balaban J connectivity index is 0.00000264. The average Bonchev–Trinajstić information content (AvgIpc) is 3.15. The molecule has 0 saturated carbocycles. The molecule has 2 rings (SSSR count). The van der Waals surface area contributed by atoms with Crippen LogP contribution in [0.3, 0.4) is 0 Å². The van der Waals surface area contributed by atoms with E-state index < -0.39 is 5.54 Å². The van der Waals surface area contributed by atoms with Crippen molar-refractivity contribution >= 4 is 18.3 Å². The molecule has 2 aromatic heterocycles. The first kappa shape index (κ1) is 19.2. The first-order valence-electron chi connectivity index (χ1n) is 7.31. The summed E-state index contributed by atoms with van der Waals surface area (Å²) in [6, 6.07) is 1.75. The predicted molar refractivity (Wildman–Crippen MR) is 88.0 cm³/mol. The number of nitrogens with zero attached hydrogens (tertiary/aromatic N) is 2. The SMILES string of the molecule is CC(C)C(C)(CN)NC(=O)CCc1nc(-c2ccoc2)no1.Cl. The molecule has 2 heterocycles. The van der Waals surface area contributed by atoms with Gasteiger partial charge in [-0.1, -0.05) is 19.0 Å². The third-order valence-corrected chi connectivity index (χ3v) is 3.94. The van der Waals surface area contributed by atoms with Crippen LogP contribution in [-0.2, 0) is 11.2 Å². The van der Waals surface area contributed by atoms with Crippen molar-refractivity contribution in [3.63, 3.8) is 0 Å². The van der Waals surface area contributed by atoms with Crippen LogP contribution in [0.5, 0.6) is 0 Å². The molecular formula is C15H23ClN4O3. The smallest absolute Gasteiger partial charge is 0.227 e. The third-order valence-electron chi connectivity index (χ3n) is 3.94. The molecule has 0 aliphatic carbocycles. The van der Waals surface area contributed by atoms with E-state index in [4.69, 9.17) is 14.7 Å². The highest BCUT2D eigenvalue weighted by atomic mass is 35.5. The van der Waals surface area contributed by atoms with Crippen LogP contribution >= 0.6 is 12.4 Å². The van der Waals surface area contributed by atoms with Crippen LogP contribution in [-0.4, -0.2) is 28.1 Å². The molecule has 7 nitrogen and oxygen atoms in total. The second-order valence-electron chi connectivity index (χ2n) is 5.85. The maximum Gasteiger partial charge on any atom is 0.227 e. The number of carbonyl (C=O) groups excluding carboxylic acids is 1. The Hall–Kier alpha value is -1.86. The Bertz CT molecular complexity index is 612. The van der Waals surface area contributed by atoms with E-state index in [1.165, 1.54) is 6.26 Å². The van der Waals surface area contributed by atoms with E-state index >= 15 is 0 Å². The molecule has 3 N–H and O–H groups in total. The number of aryl methyl sites for hydroxylation is 1. The van der Waals surface area contributed by atoms with Gasteiger partial charge in [-0.15, -0.1) is 12.4 Å². The number of nitrogens with one attached hydrogen (secondary N) is 1. The Morgan fingerprint density at radius 3 is 2.78 bits per heavy atom. The Morgan fingerprint density at radius 2 is 2.22 bits per heavy atom. The van der Waals surface area contributed by atoms with Crippen molar-refractivity contribution in [2.24, 2.45) is 11.7 Å². The number of furan rings is 1. The van der Waals surface area contributed by atoms with Crippen molar-refractivity contribution in [1.29, 1.82) is 0 Å². The van der Waals surface area contributed by atoms with Crippen LogP contribution in [0.1, 0.15) is 33.1 Å². The quantitative estimate of drug-likeness (QED) is 0.798. The molecule has 128 valence electrons. The normalized spacial score (nSPS) is 13.4. The number of hydrogen-bond acceptors (Lipinski definition) is 6. The van der Waals surface area contributed by atoms with Gasteiger partial charge in [-0.25, -0.2) is 0 Å². The summed E-state index contributed by atoms with van der Waals surface area (Å²) in [5.41, 5.74) is 6.09. The van der Waals surface area contributed by atoms with Gasteiger partial charge in [0.15, 0.2) is 0 Å². The summed E-state index contributed by atoms with van der Waals surface area (Å²) in [5.74, 6) is 1.05. The van der Waals surface area contributed by atoms with Crippen molar-refractivity contribution in [2.45, 2.75) is 39.2 Å². The van der Waals surface area contributed by atoms with E-state index in [1.54, 1.807) is 12.3 Å². The van der Waals surface area contributed by atoms with Crippen LogP contribution in [0, 0.1) is 5.92 Å². The van der Waals surface area contributed by atoms with Crippen molar-refractivity contribution in [3.05, 3.63) is 24.5 Å². The molecule has 8 heteroatoms. The zero-order valence-electron chi connectivity index (χ0n) is 13.5. The van der Waals surface area contributed by atoms with Gasteiger partial charge >= 0.3 is 0 Å². The highest BCUT2D eigenvalue weighted by Gasteiger charge is 2.28. The van der Waals surface area contributed by atoms with Gasteiger partial charge in [0.1, 0.15) is 6.26 Å². The molecule has 0 spiro atoms. The van der Waals surface area contributed by atoms with Gasteiger partial charge in [0, 0.05) is 19.4 Å². The van der Waals surface area contributed by atoms with Gasteiger partial charge in [-0.3, -0.25) is 4.79 Å². The molecule has 1 atom stereocenters. The molecule has 0 radical (unpaired) electrons. The molecule has 1 amide bonds. The third kappa shape index (κ3) is 4.80. The molecule has 0 aliphatic rings. The number of amides is 1. The summed E-state index contributed by atoms with van der Waals surface area (Å²) < 4.78 is 10.1.